The van der Waals surface area contributed by atoms with Gasteiger partial charge in [-0.15, -0.1) is 0 Å². The number of benzene rings is 3. The van der Waals surface area contributed by atoms with Gasteiger partial charge in [-0.25, -0.2) is 8.42 Å². The average molecular weight is 682 g/mol. The Morgan fingerprint density at radius 2 is 1.77 bits per heavy atom. The number of aliphatic hydroxyl groups excluding tert-OH is 1. The lowest BCUT2D eigenvalue weighted by molar-refractivity contribution is -0.0177. The lowest BCUT2D eigenvalue weighted by Crippen LogP contribution is -2.47. The number of aryl methyl sites for hydroxylation is 1. The Morgan fingerprint density at radius 1 is 1.06 bits per heavy atom. The molecule has 1 heterocycles. The maximum Gasteiger partial charge on any atom is 0.261 e. The van der Waals surface area contributed by atoms with Crippen molar-refractivity contribution in [3.8, 4) is 11.5 Å². The molecule has 4 rings (SSSR count). The molecule has 10 nitrogen and oxygen atoms in total. The highest BCUT2D eigenvalue weighted by Gasteiger charge is 2.30. The van der Waals surface area contributed by atoms with Crippen molar-refractivity contribution >= 4 is 21.6 Å². The summed E-state index contributed by atoms with van der Waals surface area (Å²) >= 11 is 0. The van der Waals surface area contributed by atoms with Gasteiger partial charge in [-0.1, -0.05) is 36.8 Å². The summed E-state index contributed by atoms with van der Waals surface area (Å²) in [6, 6.07) is 18.8. The molecule has 0 saturated heterocycles. The van der Waals surface area contributed by atoms with Crippen LogP contribution in [0, 0.1) is 12.8 Å². The highest BCUT2D eigenvalue weighted by atomic mass is 32.2. The van der Waals surface area contributed by atoms with Gasteiger partial charge < -0.3 is 24.2 Å². The van der Waals surface area contributed by atoms with Crippen LogP contribution < -0.4 is 14.2 Å². The van der Waals surface area contributed by atoms with Gasteiger partial charge in [0.05, 0.1) is 42.4 Å². The Balaban J connectivity index is 1.62. The van der Waals surface area contributed by atoms with E-state index in [4.69, 9.17) is 14.2 Å². The first-order valence-electron chi connectivity index (χ1n) is 16.6. The number of rotatable bonds is 10. The van der Waals surface area contributed by atoms with Gasteiger partial charge in [-0.3, -0.25) is 14.4 Å². The molecular formula is C37H51N3O7S. The van der Waals surface area contributed by atoms with Gasteiger partial charge in [0.25, 0.3) is 15.9 Å². The number of aliphatic hydroxyl groups is 1. The molecule has 4 atom stereocenters. The fourth-order valence-corrected chi connectivity index (χ4v) is 6.84. The Hall–Kier alpha value is -3.64. The third-order valence-electron chi connectivity index (χ3n) is 8.74. The molecule has 0 spiro atoms. The van der Waals surface area contributed by atoms with E-state index in [1.54, 1.807) is 55.3 Å². The molecule has 2 N–H and O–H groups in total. The zero-order valence-corrected chi connectivity index (χ0v) is 29.8. The molecule has 3 aromatic carbocycles. The number of nitrogens with zero attached hydrogens (tertiary/aromatic N) is 2. The van der Waals surface area contributed by atoms with Crippen LogP contribution in [0.1, 0.15) is 61.5 Å². The normalized spacial score (nSPS) is 20.4. The SMILES string of the molecule is COc1ccc(CN(C)C[C@H]2OCCCC[C@@H](C)Oc3ccc(NS(=O)(=O)c4ccc(C)cc4)cc3C(=O)N([C@@H](C)CO)C[C@H]2C)cc1. The van der Waals surface area contributed by atoms with Crippen molar-refractivity contribution in [2.24, 2.45) is 5.92 Å². The standard InChI is InChI=1S/C37H51N3O7S/c1-26-10-17-33(18-11-26)48(43,44)38-31-14-19-35-34(21-31)37(42)40(28(3)25-41)22-27(2)36(46-20-8-7-9-29(4)47-35)24-39(5)23-30-12-15-32(45-6)16-13-30/h10-19,21,27-29,36,38,41H,7-9,20,22-25H2,1-6H3/t27-,28+,29-,36-/m1/s1. The van der Waals surface area contributed by atoms with Crippen LogP contribution in [0.5, 0.6) is 11.5 Å². The number of carbonyl (C=O) groups is 1. The molecule has 0 aromatic heterocycles. The van der Waals surface area contributed by atoms with E-state index >= 15 is 0 Å². The molecule has 1 aliphatic rings. The molecule has 0 bridgehead atoms. The maximum absolute atomic E-state index is 14.4. The van der Waals surface area contributed by atoms with E-state index in [9.17, 15) is 18.3 Å². The van der Waals surface area contributed by atoms with Crippen LogP contribution in [0.3, 0.4) is 0 Å². The largest absolute Gasteiger partial charge is 0.497 e. The molecule has 262 valence electrons. The summed E-state index contributed by atoms with van der Waals surface area (Å²) in [5.41, 5.74) is 2.56. The fourth-order valence-electron chi connectivity index (χ4n) is 5.79. The molecular weight excluding hydrogens is 630 g/mol. The molecule has 0 saturated carbocycles. The van der Waals surface area contributed by atoms with E-state index in [2.05, 4.69) is 23.6 Å². The van der Waals surface area contributed by atoms with Gasteiger partial charge in [0, 0.05) is 37.8 Å². The quantitative estimate of drug-likeness (QED) is 0.279. The molecule has 1 amide bonds. The number of ether oxygens (including phenoxy) is 3. The summed E-state index contributed by atoms with van der Waals surface area (Å²) in [6.45, 7) is 9.73. The van der Waals surface area contributed by atoms with Gasteiger partial charge in [-0.05, 0) is 95.1 Å². The van der Waals surface area contributed by atoms with E-state index in [0.717, 1.165) is 42.7 Å². The van der Waals surface area contributed by atoms with Gasteiger partial charge >= 0.3 is 0 Å². The van der Waals surface area contributed by atoms with Crippen molar-refractivity contribution in [1.82, 2.24) is 9.80 Å². The van der Waals surface area contributed by atoms with Crippen molar-refractivity contribution in [2.45, 2.75) is 76.6 Å². The number of fused-ring (bicyclic) bond motifs is 1. The minimum absolute atomic E-state index is 0.0873. The number of likely N-dealkylation sites (N-methyl/N-ethyl adjacent to an activating group) is 1. The number of sulfonamides is 1. The first-order chi connectivity index (χ1) is 22.9. The number of amides is 1. The number of nitrogens with one attached hydrogen (secondary N) is 1. The highest BCUT2D eigenvalue weighted by molar-refractivity contribution is 7.92. The van der Waals surface area contributed by atoms with Crippen molar-refractivity contribution in [3.63, 3.8) is 0 Å². The predicted octanol–water partition coefficient (Wildman–Crippen LogP) is 5.73. The summed E-state index contributed by atoms with van der Waals surface area (Å²) in [5.74, 6) is 0.738. The van der Waals surface area contributed by atoms with E-state index in [1.165, 1.54) is 6.07 Å². The highest BCUT2D eigenvalue weighted by Crippen LogP contribution is 2.30. The van der Waals surface area contributed by atoms with Crippen molar-refractivity contribution < 1.29 is 32.5 Å². The summed E-state index contributed by atoms with van der Waals surface area (Å²) in [7, 11) is -0.200. The number of methoxy groups -OCH3 is 1. The average Bonchev–Trinajstić information content (AvgIpc) is 3.06. The van der Waals surface area contributed by atoms with E-state index < -0.39 is 16.1 Å². The molecule has 0 radical (unpaired) electrons. The van der Waals surface area contributed by atoms with Gasteiger partial charge in [0.1, 0.15) is 11.5 Å². The zero-order valence-electron chi connectivity index (χ0n) is 29.0. The van der Waals surface area contributed by atoms with E-state index in [0.29, 0.717) is 25.4 Å². The molecule has 0 aliphatic carbocycles. The minimum atomic E-state index is -3.91. The second-order valence-corrected chi connectivity index (χ2v) is 14.7. The third-order valence-corrected chi connectivity index (χ3v) is 10.1. The molecule has 0 fully saturated rings. The van der Waals surface area contributed by atoms with Crippen LogP contribution in [0.25, 0.3) is 0 Å². The van der Waals surface area contributed by atoms with Gasteiger partial charge in [0.15, 0.2) is 0 Å². The lowest BCUT2D eigenvalue weighted by atomic mass is 10.0. The first-order valence-corrected chi connectivity index (χ1v) is 18.1. The number of hydrogen-bond acceptors (Lipinski definition) is 8. The zero-order chi connectivity index (χ0) is 34.8. The van der Waals surface area contributed by atoms with Crippen LogP contribution in [-0.4, -0.2) is 87.9 Å². The summed E-state index contributed by atoms with van der Waals surface area (Å²) in [6.07, 6.45) is 2.13. The third kappa shape index (κ3) is 10.2. The van der Waals surface area contributed by atoms with Crippen LogP contribution in [-0.2, 0) is 21.3 Å². The monoisotopic (exact) mass is 681 g/mol. The topological polar surface area (TPSA) is 118 Å². The maximum atomic E-state index is 14.4. The summed E-state index contributed by atoms with van der Waals surface area (Å²) in [4.78, 5) is 18.4. The predicted molar refractivity (Wildman–Crippen MR) is 188 cm³/mol. The number of anilines is 1. The Morgan fingerprint density at radius 3 is 2.44 bits per heavy atom. The lowest BCUT2D eigenvalue weighted by Gasteiger charge is -2.36. The molecule has 3 aromatic rings. The van der Waals surface area contributed by atoms with Crippen molar-refractivity contribution in [3.05, 3.63) is 83.4 Å². The van der Waals surface area contributed by atoms with E-state index in [-0.39, 0.29) is 46.8 Å². The van der Waals surface area contributed by atoms with Gasteiger partial charge in [-0.2, -0.15) is 0 Å². The minimum Gasteiger partial charge on any atom is -0.497 e. The fraction of sp³-hybridized carbons (Fsp3) is 0.486. The van der Waals surface area contributed by atoms with Crippen molar-refractivity contribution in [2.75, 3.05) is 45.2 Å². The molecule has 0 unspecified atom stereocenters. The summed E-state index contributed by atoms with van der Waals surface area (Å²) in [5, 5.41) is 10.3. The second kappa shape index (κ2) is 17.1. The van der Waals surface area contributed by atoms with E-state index in [1.807, 2.05) is 38.1 Å². The van der Waals surface area contributed by atoms with Crippen LogP contribution >= 0.6 is 0 Å². The molecule has 48 heavy (non-hydrogen) atoms. The van der Waals surface area contributed by atoms with Crippen molar-refractivity contribution in [1.29, 1.82) is 0 Å². The van der Waals surface area contributed by atoms with Crippen LogP contribution in [0.15, 0.2) is 71.6 Å². The smallest absolute Gasteiger partial charge is 0.261 e. The second-order valence-electron chi connectivity index (χ2n) is 13.0. The van der Waals surface area contributed by atoms with Crippen LogP contribution in [0.2, 0.25) is 0 Å². The molecule has 11 heteroatoms. The molecule has 1 aliphatic heterocycles. The Kier molecular flexibility index (Phi) is 13.3. The van der Waals surface area contributed by atoms with Crippen LogP contribution in [0.4, 0.5) is 5.69 Å². The van der Waals surface area contributed by atoms with Gasteiger partial charge in [0.2, 0.25) is 0 Å². The Bertz CT molecular complexity index is 1580. The number of hydrogen-bond donors (Lipinski definition) is 2. The first kappa shape index (κ1) is 37.2. The summed E-state index contributed by atoms with van der Waals surface area (Å²) < 4.78 is 47.2. The number of carbonyl (C=O) groups excluding carboxylic acids is 1. The Labute approximate surface area is 286 Å².